The molecular formula is C138H102N12. The fourth-order valence-electron chi connectivity index (χ4n) is 19.5. The van der Waals surface area contributed by atoms with E-state index in [0.29, 0.717) is 52.4 Å². The van der Waals surface area contributed by atoms with Crippen molar-refractivity contribution in [1.29, 1.82) is 0 Å². The van der Waals surface area contributed by atoms with Crippen LogP contribution in [0.2, 0.25) is 0 Å². The predicted molar refractivity (Wildman–Crippen MR) is 615 cm³/mol. The SMILES string of the molecule is Cc1ccc(-c2ccc(-c3nc(-c4ccccc4)nc(-c4c(-c5ccccc5)cc(-c5ccccc5)cc4-c4ccccc4)n3)cc2)c(C)n1.Cc1ccc(-c2cccc(-c3nc(-c4ccccc4)nc(-c4c(-c5ccccc5)cc(-c5ccccc5)cc4-c4ccccc4)n3)c2)c(C)n1.Cc1ccc(-c2ccccc2-c2nc(-c3ccccc3)nc(-c3ccc(-c4ccc(-c5ccccc5)cc4-c4ccccc4)cc3)n2)c(C)n1. The summed E-state index contributed by atoms with van der Waals surface area (Å²) in [4.78, 5) is 60.5. The van der Waals surface area contributed by atoms with Crippen molar-refractivity contribution >= 4 is 0 Å². The molecule has 18 aromatic carbocycles. The molecule has 12 heteroatoms. The molecule has 0 fully saturated rings. The van der Waals surface area contributed by atoms with Gasteiger partial charge in [-0.2, -0.15) is 0 Å². The van der Waals surface area contributed by atoms with Gasteiger partial charge in [0.05, 0.1) is 0 Å². The van der Waals surface area contributed by atoms with Crippen LogP contribution < -0.4 is 0 Å². The van der Waals surface area contributed by atoms with Crippen LogP contribution in [0.25, 0.3) is 236 Å². The van der Waals surface area contributed by atoms with Crippen LogP contribution >= 0.6 is 0 Å². The average molecular weight is 1930 g/mol. The molecule has 0 saturated carbocycles. The van der Waals surface area contributed by atoms with E-state index in [-0.39, 0.29) is 0 Å². The van der Waals surface area contributed by atoms with Crippen LogP contribution in [0.15, 0.2) is 510 Å². The maximum atomic E-state index is 5.31. The standard InChI is InChI=1S/3C46H34N4/c1-31-26-27-40(32(2)47-31)37-24-15-25-38(28-37)45-48-44(36-22-13-6-14-23-36)49-46(50-45)43-41(34-18-9-4-10-19-34)29-39(33-16-7-3-8-17-33)30-42(43)35-20-11-5-12-21-35;1-31-23-28-40(32(2)47-31)36-24-26-38(27-25-36)45-48-44(37-21-13-6-14-22-37)49-46(50-45)43-41(34-17-9-4-10-18-34)29-39(33-15-7-3-8-16-33)30-42(43)35-19-11-5-12-20-35;1-31-22-28-39(32(2)47-31)41-20-12-13-21-42(41)46-49-44(36-18-10-5-11-19-36)48-45(50-46)37-25-23-35(24-26-37)40-29-27-38(33-14-6-3-7-15-33)30-43(40)34-16-8-4-9-17-34/h3*3-30H,1-2H3. The predicted octanol–water partition coefficient (Wildman–Crippen LogP) is 34.7. The van der Waals surface area contributed by atoms with Crippen LogP contribution in [0.5, 0.6) is 0 Å². The second-order valence-corrected chi connectivity index (χ2v) is 37.1. The first-order valence-corrected chi connectivity index (χ1v) is 50.5. The summed E-state index contributed by atoms with van der Waals surface area (Å²) >= 11 is 0. The fraction of sp³-hybridized carbons (Fsp3) is 0.0435. The lowest BCUT2D eigenvalue weighted by molar-refractivity contribution is 1.07. The number of rotatable bonds is 21. The number of nitrogens with zero attached hydrogens (tertiary/aromatic N) is 12. The molecule has 0 bridgehead atoms. The van der Waals surface area contributed by atoms with Crippen LogP contribution in [-0.2, 0) is 0 Å². The highest BCUT2D eigenvalue weighted by molar-refractivity contribution is 5.99. The molecule has 6 heterocycles. The molecule has 24 aromatic rings. The highest BCUT2D eigenvalue weighted by atomic mass is 15.1. The molecule has 0 amide bonds. The Morgan fingerprint density at radius 1 is 0.100 bits per heavy atom. The van der Waals surface area contributed by atoms with Crippen molar-refractivity contribution in [2.24, 2.45) is 0 Å². The van der Waals surface area contributed by atoms with Gasteiger partial charge in [0.1, 0.15) is 0 Å². The van der Waals surface area contributed by atoms with E-state index in [1.165, 1.54) is 27.8 Å². The zero-order chi connectivity index (χ0) is 102. The second kappa shape index (κ2) is 43.9. The van der Waals surface area contributed by atoms with Gasteiger partial charge in [-0.15, -0.1) is 0 Å². The van der Waals surface area contributed by atoms with E-state index < -0.39 is 0 Å². The minimum absolute atomic E-state index is 0.610. The van der Waals surface area contributed by atoms with E-state index >= 15 is 0 Å². The summed E-state index contributed by atoms with van der Waals surface area (Å²) in [6, 6.07) is 177. The van der Waals surface area contributed by atoms with Gasteiger partial charge in [-0.3, -0.25) is 15.0 Å². The second-order valence-electron chi connectivity index (χ2n) is 37.1. The first kappa shape index (κ1) is 95.3. The van der Waals surface area contributed by atoms with Gasteiger partial charge in [0, 0.05) is 101 Å². The molecule has 0 aliphatic carbocycles. The Labute approximate surface area is 875 Å². The van der Waals surface area contributed by atoms with E-state index in [1.807, 2.05) is 125 Å². The zero-order valence-corrected chi connectivity index (χ0v) is 83.9. The molecule has 714 valence electrons. The van der Waals surface area contributed by atoms with Gasteiger partial charge >= 0.3 is 0 Å². The van der Waals surface area contributed by atoms with Crippen molar-refractivity contribution in [2.45, 2.75) is 41.5 Å². The molecule has 0 atom stereocenters. The molecule has 0 aliphatic heterocycles. The van der Waals surface area contributed by atoms with Gasteiger partial charge in [0.15, 0.2) is 52.4 Å². The van der Waals surface area contributed by atoms with Crippen molar-refractivity contribution in [2.75, 3.05) is 0 Å². The number of benzene rings is 18. The average Bonchev–Trinajstić information content (AvgIpc) is 0.753. The van der Waals surface area contributed by atoms with Crippen molar-refractivity contribution in [1.82, 2.24) is 59.8 Å². The van der Waals surface area contributed by atoms with Gasteiger partial charge in [0.25, 0.3) is 0 Å². The van der Waals surface area contributed by atoms with Crippen molar-refractivity contribution in [3.05, 3.63) is 544 Å². The summed E-state index contributed by atoms with van der Waals surface area (Å²) in [5.41, 5.74) is 41.0. The van der Waals surface area contributed by atoms with Crippen LogP contribution in [0, 0.1) is 41.5 Å². The van der Waals surface area contributed by atoms with Crippen LogP contribution in [-0.4, -0.2) is 59.8 Å². The molecule has 24 rings (SSSR count). The summed E-state index contributed by atoms with van der Waals surface area (Å²) < 4.78 is 0. The van der Waals surface area contributed by atoms with E-state index in [9.17, 15) is 0 Å². The molecule has 150 heavy (non-hydrogen) atoms. The lowest BCUT2D eigenvalue weighted by Crippen LogP contribution is -2.03. The molecule has 6 aromatic heterocycles. The van der Waals surface area contributed by atoms with Crippen LogP contribution in [0.1, 0.15) is 34.2 Å². The molecular weight excluding hydrogens is 1830 g/mol. The van der Waals surface area contributed by atoms with Gasteiger partial charge in [-0.25, -0.2) is 44.9 Å². The Morgan fingerprint density at radius 3 is 0.653 bits per heavy atom. The number of aryl methyl sites for hydroxylation is 6. The Kier molecular flexibility index (Phi) is 27.9. The lowest BCUT2D eigenvalue weighted by Gasteiger charge is -2.19. The topological polar surface area (TPSA) is 155 Å². The highest BCUT2D eigenvalue weighted by Crippen LogP contribution is 2.48. The van der Waals surface area contributed by atoms with Gasteiger partial charge in [-0.05, 0) is 213 Å². The highest BCUT2D eigenvalue weighted by Gasteiger charge is 2.27. The Balaban J connectivity index is 0.000000127. The first-order valence-electron chi connectivity index (χ1n) is 50.5. The summed E-state index contributed by atoms with van der Waals surface area (Å²) in [6.45, 7) is 12.2. The van der Waals surface area contributed by atoms with Gasteiger partial charge in [-0.1, -0.05) is 455 Å². The molecule has 12 nitrogen and oxygen atoms in total. The Bertz CT molecular complexity index is 8790. The van der Waals surface area contributed by atoms with Crippen molar-refractivity contribution < 1.29 is 0 Å². The number of hydrogen-bond acceptors (Lipinski definition) is 12. The van der Waals surface area contributed by atoms with Gasteiger partial charge in [0.2, 0.25) is 0 Å². The Hall–Kier alpha value is -19.6. The van der Waals surface area contributed by atoms with Crippen molar-refractivity contribution in [3.8, 4) is 236 Å². The molecule has 0 unspecified atom stereocenters. The third-order valence-electron chi connectivity index (χ3n) is 27.0. The summed E-state index contributed by atoms with van der Waals surface area (Å²) in [7, 11) is 0. The molecule has 0 N–H and O–H groups in total. The first-order chi connectivity index (χ1) is 73.8. The third kappa shape index (κ3) is 21.2. The molecule has 0 spiro atoms. The van der Waals surface area contributed by atoms with E-state index in [2.05, 4.69) is 431 Å². The number of aromatic nitrogens is 12. The molecule has 0 radical (unpaired) electrons. The summed E-state index contributed by atoms with van der Waals surface area (Å²) in [5.74, 6) is 5.58. The quantitative estimate of drug-likeness (QED) is 0.0672. The zero-order valence-electron chi connectivity index (χ0n) is 83.9. The monoisotopic (exact) mass is 1930 g/mol. The Morgan fingerprint density at radius 2 is 0.313 bits per heavy atom. The molecule has 0 saturated heterocycles. The van der Waals surface area contributed by atoms with Gasteiger partial charge < -0.3 is 0 Å². The summed E-state index contributed by atoms with van der Waals surface area (Å²) in [6.07, 6.45) is 0. The molecule has 0 aliphatic rings. The number of pyridine rings is 3. The van der Waals surface area contributed by atoms with E-state index in [0.717, 1.165) is 190 Å². The van der Waals surface area contributed by atoms with Crippen LogP contribution in [0.3, 0.4) is 0 Å². The minimum Gasteiger partial charge on any atom is -0.258 e. The van der Waals surface area contributed by atoms with Crippen molar-refractivity contribution in [3.63, 3.8) is 0 Å². The minimum atomic E-state index is 0.610. The fourth-order valence-corrected chi connectivity index (χ4v) is 19.5. The van der Waals surface area contributed by atoms with E-state index in [4.69, 9.17) is 54.8 Å². The largest absolute Gasteiger partial charge is 0.258 e. The maximum absolute atomic E-state index is 5.31. The van der Waals surface area contributed by atoms with E-state index in [1.54, 1.807) is 0 Å². The lowest BCUT2D eigenvalue weighted by atomic mass is 9.87. The third-order valence-corrected chi connectivity index (χ3v) is 27.0. The number of hydrogen-bond donors (Lipinski definition) is 0. The summed E-state index contributed by atoms with van der Waals surface area (Å²) in [5, 5.41) is 0. The van der Waals surface area contributed by atoms with Crippen LogP contribution in [0.4, 0.5) is 0 Å². The smallest absolute Gasteiger partial charge is 0.165 e. The maximum Gasteiger partial charge on any atom is 0.165 e. The normalized spacial score (nSPS) is 11.0.